The fourth-order valence-corrected chi connectivity index (χ4v) is 1.65. The van der Waals surface area contributed by atoms with Crippen molar-refractivity contribution in [3.05, 3.63) is 23.8 Å². The Kier molecular flexibility index (Phi) is 5.66. The maximum absolute atomic E-state index is 11.5. The predicted molar refractivity (Wildman–Crippen MR) is 73.7 cm³/mol. The molecule has 0 fully saturated rings. The van der Waals surface area contributed by atoms with E-state index in [0.29, 0.717) is 29.9 Å². The van der Waals surface area contributed by atoms with E-state index in [1.165, 1.54) is 7.11 Å². The topological polar surface area (TPSA) is 107 Å². The van der Waals surface area contributed by atoms with E-state index >= 15 is 0 Å². The van der Waals surface area contributed by atoms with Crippen LogP contribution in [-0.4, -0.2) is 25.5 Å². The highest BCUT2D eigenvalue weighted by Gasteiger charge is 2.12. The number of methoxy groups -OCH3 is 1. The van der Waals surface area contributed by atoms with Gasteiger partial charge >= 0.3 is 5.97 Å². The van der Waals surface area contributed by atoms with Crippen LogP contribution in [0, 0.1) is 0 Å². The Morgan fingerprint density at radius 2 is 2.05 bits per heavy atom. The standard InChI is InChI=1S/C13H19N3O3/c1-19-13(18)9-5-4-6-10(12(9)15)16-8-3-2-7-11(14)17/h4-6,16H,2-3,7-8,15H2,1H3,(H2,14,17). The summed E-state index contributed by atoms with van der Waals surface area (Å²) in [6.07, 6.45) is 1.89. The molecule has 6 heteroatoms. The summed E-state index contributed by atoms with van der Waals surface area (Å²) in [4.78, 5) is 22.0. The molecule has 0 unspecified atom stereocenters. The Morgan fingerprint density at radius 3 is 2.68 bits per heavy atom. The van der Waals surface area contributed by atoms with Crippen molar-refractivity contribution in [3.8, 4) is 0 Å². The molecule has 104 valence electrons. The molecule has 19 heavy (non-hydrogen) atoms. The molecule has 0 bridgehead atoms. The molecule has 6 nitrogen and oxygen atoms in total. The fraction of sp³-hybridized carbons (Fsp3) is 0.385. The lowest BCUT2D eigenvalue weighted by Gasteiger charge is -2.11. The Bertz CT molecular complexity index is 460. The lowest BCUT2D eigenvalue weighted by molar-refractivity contribution is -0.118. The van der Waals surface area contributed by atoms with Crippen LogP contribution >= 0.6 is 0 Å². The van der Waals surface area contributed by atoms with Crippen molar-refractivity contribution >= 4 is 23.3 Å². The van der Waals surface area contributed by atoms with Crippen molar-refractivity contribution < 1.29 is 14.3 Å². The van der Waals surface area contributed by atoms with Gasteiger partial charge in [-0.1, -0.05) is 6.07 Å². The number of nitrogen functional groups attached to an aromatic ring is 1. The van der Waals surface area contributed by atoms with Crippen LogP contribution in [0.5, 0.6) is 0 Å². The minimum atomic E-state index is -0.463. The summed E-state index contributed by atoms with van der Waals surface area (Å²) < 4.78 is 4.64. The summed E-state index contributed by atoms with van der Waals surface area (Å²) in [5.41, 5.74) is 12.3. The van der Waals surface area contributed by atoms with Gasteiger partial charge in [0.2, 0.25) is 5.91 Å². The van der Waals surface area contributed by atoms with E-state index in [-0.39, 0.29) is 5.91 Å². The summed E-state index contributed by atoms with van der Waals surface area (Å²) in [6, 6.07) is 5.13. The summed E-state index contributed by atoms with van der Waals surface area (Å²) in [5, 5.41) is 3.12. The number of esters is 1. The van der Waals surface area contributed by atoms with Crippen LogP contribution in [0.15, 0.2) is 18.2 Å². The zero-order chi connectivity index (χ0) is 14.3. The van der Waals surface area contributed by atoms with Crippen molar-refractivity contribution in [2.45, 2.75) is 19.3 Å². The number of ether oxygens (including phenoxy) is 1. The number of hydrogen-bond acceptors (Lipinski definition) is 5. The average Bonchev–Trinajstić information content (AvgIpc) is 2.39. The lowest BCUT2D eigenvalue weighted by Crippen LogP contribution is -2.12. The number of nitrogens with two attached hydrogens (primary N) is 2. The van der Waals surface area contributed by atoms with Crippen molar-refractivity contribution in [1.29, 1.82) is 0 Å². The van der Waals surface area contributed by atoms with E-state index in [1.54, 1.807) is 18.2 Å². The van der Waals surface area contributed by atoms with Gasteiger partial charge in [-0.3, -0.25) is 4.79 Å². The van der Waals surface area contributed by atoms with Crippen molar-refractivity contribution in [2.75, 3.05) is 24.7 Å². The molecule has 5 N–H and O–H groups in total. The Balaban J connectivity index is 2.54. The molecule has 0 saturated heterocycles. The zero-order valence-electron chi connectivity index (χ0n) is 10.9. The third-order valence-corrected chi connectivity index (χ3v) is 2.68. The number of benzene rings is 1. The number of carbonyl (C=O) groups is 2. The molecular formula is C13H19N3O3. The first-order chi connectivity index (χ1) is 9.06. The highest BCUT2D eigenvalue weighted by atomic mass is 16.5. The van der Waals surface area contributed by atoms with E-state index in [0.717, 1.165) is 12.8 Å². The van der Waals surface area contributed by atoms with Crippen LogP contribution in [0.1, 0.15) is 29.6 Å². The van der Waals surface area contributed by atoms with E-state index in [1.807, 2.05) is 0 Å². The van der Waals surface area contributed by atoms with Crippen LogP contribution in [0.3, 0.4) is 0 Å². The molecule has 0 heterocycles. The highest BCUT2D eigenvalue weighted by molar-refractivity contribution is 5.98. The summed E-state index contributed by atoms with van der Waals surface area (Å²) in [6.45, 7) is 0.655. The monoisotopic (exact) mass is 265 g/mol. The minimum absolute atomic E-state index is 0.299. The third kappa shape index (κ3) is 4.50. The molecule has 0 radical (unpaired) electrons. The number of nitrogens with one attached hydrogen (secondary N) is 1. The number of carbonyl (C=O) groups excluding carboxylic acids is 2. The van der Waals surface area contributed by atoms with Gasteiger partial charge in [-0.2, -0.15) is 0 Å². The number of anilines is 2. The second-order valence-corrected chi connectivity index (χ2v) is 4.11. The zero-order valence-corrected chi connectivity index (χ0v) is 10.9. The van der Waals surface area contributed by atoms with Crippen LogP contribution in [-0.2, 0) is 9.53 Å². The Labute approximate surface area is 112 Å². The molecule has 1 amide bonds. The second kappa shape index (κ2) is 7.25. The van der Waals surface area contributed by atoms with Gasteiger partial charge in [-0.25, -0.2) is 4.79 Å². The Morgan fingerprint density at radius 1 is 1.32 bits per heavy atom. The first-order valence-corrected chi connectivity index (χ1v) is 6.05. The predicted octanol–water partition coefficient (Wildman–Crippen LogP) is 1.12. The fourth-order valence-electron chi connectivity index (χ4n) is 1.65. The van der Waals surface area contributed by atoms with E-state index in [4.69, 9.17) is 11.5 Å². The number of rotatable bonds is 7. The summed E-state index contributed by atoms with van der Waals surface area (Å²) in [5.74, 6) is -0.762. The van der Waals surface area contributed by atoms with Crippen LogP contribution in [0.4, 0.5) is 11.4 Å². The molecule has 0 aliphatic carbocycles. The first-order valence-electron chi connectivity index (χ1n) is 6.05. The van der Waals surface area contributed by atoms with Crippen molar-refractivity contribution in [2.24, 2.45) is 5.73 Å². The van der Waals surface area contributed by atoms with E-state index in [2.05, 4.69) is 10.1 Å². The van der Waals surface area contributed by atoms with Gasteiger partial charge < -0.3 is 21.5 Å². The number of unbranched alkanes of at least 4 members (excludes halogenated alkanes) is 1. The van der Waals surface area contributed by atoms with Gasteiger partial charge in [0.25, 0.3) is 0 Å². The summed E-state index contributed by atoms with van der Waals surface area (Å²) in [7, 11) is 1.31. The largest absolute Gasteiger partial charge is 0.465 e. The second-order valence-electron chi connectivity index (χ2n) is 4.11. The number of para-hydroxylation sites is 1. The smallest absolute Gasteiger partial charge is 0.340 e. The molecule has 0 atom stereocenters. The molecule has 0 aliphatic rings. The lowest BCUT2D eigenvalue weighted by atomic mass is 10.1. The van der Waals surface area contributed by atoms with Gasteiger partial charge in [0, 0.05) is 13.0 Å². The van der Waals surface area contributed by atoms with Gasteiger partial charge in [0.05, 0.1) is 24.0 Å². The van der Waals surface area contributed by atoms with E-state index in [9.17, 15) is 9.59 Å². The quantitative estimate of drug-likeness (QED) is 0.389. The van der Waals surface area contributed by atoms with Crippen molar-refractivity contribution in [3.63, 3.8) is 0 Å². The molecule has 0 aliphatic heterocycles. The van der Waals surface area contributed by atoms with Crippen LogP contribution in [0.2, 0.25) is 0 Å². The average molecular weight is 265 g/mol. The highest BCUT2D eigenvalue weighted by Crippen LogP contribution is 2.23. The van der Waals surface area contributed by atoms with Gasteiger partial charge in [0.1, 0.15) is 0 Å². The van der Waals surface area contributed by atoms with Gasteiger partial charge in [0.15, 0.2) is 0 Å². The van der Waals surface area contributed by atoms with Gasteiger partial charge in [-0.15, -0.1) is 0 Å². The number of amides is 1. The molecule has 0 saturated carbocycles. The van der Waals surface area contributed by atoms with Gasteiger partial charge in [-0.05, 0) is 25.0 Å². The number of hydrogen-bond donors (Lipinski definition) is 3. The summed E-state index contributed by atoms with van der Waals surface area (Å²) >= 11 is 0. The molecule has 1 aromatic carbocycles. The van der Waals surface area contributed by atoms with Crippen LogP contribution in [0.25, 0.3) is 0 Å². The molecule has 0 aromatic heterocycles. The number of primary amides is 1. The van der Waals surface area contributed by atoms with Crippen LogP contribution < -0.4 is 16.8 Å². The molecule has 1 rings (SSSR count). The maximum Gasteiger partial charge on any atom is 0.340 e. The molecular weight excluding hydrogens is 246 g/mol. The van der Waals surface area contributed by atoms with E-state index < -0.39 is 5.97 Å². The maximum atomic E-state index is 11.5. The van der Waals surface area contributed by atoms with Crippen molar-refractivity contribution in [1.82, 2.24) is 0 Å². The third-order valence-electron chi connectivity index (χ3n) is 2.68. The first kappa shape index (κ1) is 14.8. The Hall–Kier alpha value is -2.24. The SMILES string of the molecule is COC(=O)c1cccc(NCCCCC(N)=O)c1N. The molecule has 0 spiro atoms. The molecule has 1 aromatic rings. The normalized spacial score (nSPS) is 9.95. The minimum Gasteiger partial charge on any atom is -0.465 e.